The minimum absolute atomic E-state index is 0.0763. The van der Waals surface area contributed by atoms with E-state index in [4.69, 9.17) is 9.47 Å². The van der Waals surface area contributed by atoms with Gasteiger partial charge in [-0.15, -0.1) is 0 Å². The van der Waals surface area contributed by atoms with Crippen LogP contribution < -0.4 is 15.0 Å². The Morgan fingerprint density at radius 1 is 1.20 bits per heavy atom. The lowest BCUT2D eigenvalue weighted by Crippen LogP contribution is -2.43. The average molecular weight is 277 g/mol. The molecule has 1 aromatic rings. The second-order valence-electron chi connectivity index (χ2n) is 4.98. The standard InChI is InChI=1S/C14H19N3O3/c1-16-4-9-20-13-3-2-11(10-12(13)16)15-14(18)17-5-7-19-8-6-17/h2-3,10H,4-9H2,1H3,(H,15,18). The first kappa shape index (κ1) is 13.1. The number of nitrogens with one attached hydrogen (secondary N) is 1. The topological polar surface area (TPSA) is 54.0 Å². The van der Waals surface area contributed by atoms with Gasteiger partial charge in [-0.25, -0.2) is 4.79 Å². The van der Waals surface area contributed by atoms with Crippen molar-refractivity contribution in [2.45, 2.75) is 0 Å². The fourth-order valence-electron chi connectivity index (χ4n) is 2.40. The van der Waals surface area contributed by atoms with Crippen LogP contribution in [-0.4, -0.2) is 57.4 Å². The minimum Gasteiger partial charge on any atom is -0.490 e. The highest BCUT2D eigenvalue weighted by Gasteiger charge is 2.19. The van der Waals surface area contributed by atoms with Crippen LogP contribution in [0.4, 0.5) is 16.2 Å². The fraction of sp³-hybridized carbons (Fsp3) is 0.500. The molecular weight excluding hydrogens is 258 g/mol. The summed E-state index contributed by atoms with van der Waals surface area (Å²) < 4.78 is 10.8. The fourth-order valence-corrected chi connectivity index (χ4v) is 2.40. The van der Waals surface area contributed by atoms with E-state index in [9.17, 15) is 4.79 Å². The number of carbonyl (C=O) groups excluding carboxylic acids is 1. The zero-order valence-electron chi connectivity index (χ0n) is 11.6. The second-order valence-corrected chi connectivity index (χ2v) is 4.98. The number of hydrogen-bond donors (Lipinski definition) is 1. The molecule has 0 aliphatic carbocycles. The molecule has 2 aliphatic heterocycles. The summed E-state index contributed by atoms with van der Waals surface area (Å²) in [6.45, 7) is 4.04. The molecular formula is C14H19N3O3. The smallest absolute Gasteiger partial charge is 0.322 e. The zero-order chi connectivity index (χ0) is 13.9. The van der Waals surface area contributed by atoms with Crippen molar-refractivity contribution >= 4 is 17.4 Å². The van der Waals surface area contributed by atoms with Crippen molar-refractivity contribution in [3.63, 3.8) is 0 Å². The first-order valence-electron chi connectivity index (χ1n) is 6.86. The molecule has 1 aromatic carbocycles. The van der Waals surface area contributed by atoms with Crippen molar-refractivity contribution < 1.29 is 14.3 Å². The van der Waals surface area contributed by atoms with Gasteiger partial charge in [0.15, 0.2) is 0 Å². The molecule has 1 N–H and O–H groups in total. The molecule has 0 saturated carbocycles. The number of fused-ring (bicyclic) bond motifs is 1. The van der Waals surface area contributed by atoms with E-state index < -0.39 is 0 Å². The Labute approximate surface area is 118 Å². The van der Waals surface area contributed by atoms with Crippen LogP contribution in [0, 0.1) is 0 Å². The van der Waals surface area contributed by atoms with E-state index in [1.165, 1.54) is 0 Å². The molecule has 2 heterocycles. The molecule has 2 aliphatic rings. The summed E-state index contributed by atoms with van der Waals surface area (Å²) >= 11 is 0. The van der Waals surface area contributed by atoms with E-state index in [0.29, 0.717) is 32.9 Å². The molecule has 2 amide bonds. The van der Waals surface area contributed by atoms with Crippen LogP contribution in [0.5, 0.6) is 5.75 Å². The highest BCUT2D eigenvalue weighted by molar-refractivity contribution is 5.90. The van der Waals surface area contributed by atoms with E-state index in [2.05, 4.69) is 10.2 Å². The van der Waals surface area contributed by atoms with Crippen LogP contribution in [-0.2, 0) is 4.74 Å². The van der Waals surface area contributed by atoms with Crippen molar-refractivity contribution in [2.75, 3.05) is 56.7 Å². The van der Waals surface area contributed by atoms with Crippen LogP contribution in [0.3, 0.4) is 0 Å². The third-order valence-corrected chi connectivity index (χ3v) is 3.60. The molecule has 6 heteroatoms. The number of benzene rings is 1. The average Bonchev–Trinajstić information content (AvgIpc) is 2.49. The Bertz CT molecular complexity index is 500. The number of rotatable bonds is 1. The summed E-state index contributed by atoms with van der Waals surface area (Å²) in [5, 5.41) is 2.93. The molecule has 0 aromatic heterocycles. The number of urea groups is 1. The molecule has 6 nitrogen and oxygen atoms in total. The summed E-state index contributed by atoms with van der Waals surface area (Å²) in [5.74, 6) is 0.864. The maximum absolute atomic E-state index is 12.1. The van der Waals surface area contributed by atoms with Crippen LogP contribution in [0.1, 0.15) is 0 Å². The maximum atomic E-state index is 12.1. The van der Waals surface area contributed by atoms with Crippen molar-refractivity contribution in [2.24, 2.45) is 0 Å². The summed E-state index contributed by atoms with van der Waals surface area (Å²) in [6, 6.07) is 5.65. The van der Waals surface area contributed by atoms with E-state index in [1.807, 2.05) is 25.2 Å². The van der Waals surface area contributed by atoms with Gasteiger partial charge >= 0.3 is 6.03 Å². The highest BCUT2D eigenvalue weighted by atomic mass is 16.5. The number of hydrogen-bond acceptors (Lipinski definition) is 4. The number of carbonyl (C=O) groups is 1. The first-order valence-corrected chi connectivity index (χ1v) is 6.86. The summed E-state index contributed by atoms with van der Waals surface area (Å²) in [7, 11) is 2.02. The lowest BCUT2D eigenvalue weighted by Gasteiger charge is -2.29. The summed E-state index contributed by atoms with van der Waals surface area (Å²) in [6.07, 6.45) is 0. The predicted molar refractivity (Wildman–Crippen MR) is 76.6 cm³/mol. The van der Waals surface area contributed by atoms with Crippen molar-refractivity contribution in [1.29, 1.82) is 0 Å². The van der Waals surface area contributed by atoms with Gasteiger partial charge in [-0.2, -0.15) is 0 Å². The van der Waals surface area contributed by atoms with E-state index in [-0.39, 0.29) is 6.03 Å². The van der Waals surface area contributed by atoms with Crippen LogP contribution >= 0.6 is 0 Å². The number of ether oxygens (including phenoxy) is 2. The van der Waals surface area contributed by atoms with Gasteiger partial charge in [0.2, 0.25) is 0 Å². The van der Waals surface area contributed by atoms with E-state index >= 15 is 0 Å². The Morgan fingerprint density at radius 3 is 2.80 bits per heavy atom. The Hall–Kier alpha value is -1.95. The van der Waals surface area contributed by atoms with E-state index in [1.54, 1.807) is 4.90 Å². The minimum atomic E-state index is -0.0763. The molecule has 108 valence electrons. The van der Waals surface area contributed by atoms with Gasteiger partial charge in [-0.1, -0.05) is 0 Å². The Kier molecular flexibility index (Phi) is 3.64. The second kappa shape index (κ2) is 5.58. The molecule has 3 rings (SSSR count). The molecule has 20 heavy (non-hydrogen) atoms. The van der Waals surface area contributed by atoms with Gasteiger partial charge < -0.3 is 24.6 Å². The lowest BCUT2D eigenvalue weighted by molar-refractivity contribution is 0.0564. The molecule has 1 saturated heterocycles. The quantitative estimate of drug-likeness (QED) is 0.842. The Morgan fingerprint density at radius 2 is 2.00 bits per heavy atom. The largest absolute Gasteiger partial charge is 0.490 e. The molecule has 0 radical (unpaired) electrons. The van der Waals surface area contributed by atoms with Crippen LogP contribution in [0.25, 0.3) is 0 Å². The monoisotopic (exact) mass is 277 g/mol. The van der Waals surface area contributed by atoms with Gasteiger partial charge in [0.25, 0.3) is 0 Å². The first-order chi connectivity index (χ1) is 9.74. The lowest BCUT2D eigenvalue weighted by atomic mass is 10.2. The number of amides is 2. The number of anilines is 2. The van der Waals surface area contributed by atoms with E-state index in [0.717, 1.165) is 23.7 Å². The third kappa shape index (κ3) is 2.65. The normalized spacial score (nSPS) is 18.2. The van der Waals surface area contributed by atoms with Gasteiger partial charge in [-0.3, -0.25) is 0 Å². The molecule has 0 unspecified atom stereocenters. The SMILES string of the molecule is CN1CCOc2ccc(NC(=O)N3CCOCC3)cc21. The zero-order valence-corrected chi connectivity index (χ0v) is 11.6. The summed E-state index contributed by atoms with van der Waals surface area (Å²) in [4.78, 5) is 16.0. The molecule has 0 spiro atoms. The molecule has 0 bridgehead atoms. The number of morpholine rings is 1. The van der Waals surface area contributed by atoms with Crippen LogP contribution in [0.15, 0.2) is 18.2 Å². The molecule has 1 fully saturated rings. The molecule has 0 atom stereocenters. The summed E-state index contributed by atoms with van der Waals surface area (Å²) in [5.41, 5.74) is 1.80. The van der Waals surface area contributed by atoms with Crippen molar-refractivity contribution in [1.82, 2.24) is 4.90 Å². The predicted octanol–water partition coefficient (Wildman–Crippen LogP) is 1.38. The maximum Gasteiger partial charge on any atom is 0.322 e. The van der Waals surface area contributed by atoms with Gasteiger partial charge in [0, 0.05) is 25.8 Å². The number of likely N-dealkylation sites (N-methyl/N-ethyl adjacent to an activating group) is 1. The number of nitrogens with zero attached hydrogens (tertiary/aromatic N) is 2. The van der Waals surface area contributed by atoms with Gasteiger partial charge in [0.05, 0.1) is 25.4 Å². The van der Waals surface area contributed by atoms with Gasteiger partial charge in [-0.05, 0) is 18.2 Å². The van der Waals surface area contributed by atoms with Crippen LogP contribution in [0.2, 0.25) is 0 Å². The van der Waals surface area contributed by atoms with Crippen molar-refractivity contribution in [3.8, 4) is 5.75 Å². The third-order valence-electron chi connectivity index (χ3n) is 3.60. The highest BCUT2D eigenvalue weighted by Crippen LogP contribution is 2.33. The van der Waals surface area contributed by atoms with Gasteiger partial charge in [0.1, 0.15) is 12.4 Å². The Balaban J connectivity index is 1.71. The van der Waals surface area contributed by atoms with Crippen molar-refractivity contribution in [3.05, 3.63) is 18.2 Å².